The second-order valence-electron chi connectivity index (χ2n) is 4.10. The molecule has 0 spiro atoms. The lowest BCUT2D eigenvalue weighted by Gasteiger charge is -2.11. The number of aromatic nitrogens is 2. The molecule has 3 nitrogen and oxygen atoms in total. The fourth-order valence-corrected chi connectivity index (χ4v) is 1.80. The maximum atomic E-state index is 13.8. The van der Waals surface area contributed by atoms with Gasteiger partial charge in [0.15, 0.2) is 23.2 Å². The van der Waals surface area contributed by atoms with Gasteiger partial charge in [-0.2, -0.15) is 5.10 Å². The minimum Gasteiger partial charge on any atom is -0.503 e. The van der Waals surface area contributed by atoms with Crippen LogP contribution in [0.2, 0.25) is 0 Å². The standard InChI is InChI=1S/C12H11F3N2O/c1-5-4-6(2)17(16-5)11-10(15)8(13)7(3)9(14)12(11)18/h4,18H,1-3H3. The summed E-state index contributed by atoms with van der Waals surface area (Å²) >= 11 is 0. The molecule has 1 aromatic heterocycles. The van der Waals surface area contributed by atoms with Crippen LogP contribution in [0.15, 0.2) is 6.07 Å². The molecule has 1 aromatic carbocycles. The van der Waals surface area contributed by atoms with Crippen LogP contribution in [0.3, 0.4) is 0 Å². The fourth-order valence-electron chi connectivity index (χ4n) is 1.80. The Kier molecular flexibility index (Phi) is 2.80. The van der Waals surface area contributed by atoms with E-state index in [1.165, 1.54) is 0 Å². The molecule has 0 unspecified atom stereocenters. The zero-order valence-electron chi connectivity index (χ0n) is 10.1. The highest BCUT2D eigenvalue weighted by Gasteiger charge is 2.25. The summed E-state index contributed by atoms with van der Waals surface area (Å²) in [7, 11) is 0. The predicted octanol–water partition coefficient (Wildman–Crippen LogP) is 2.92. The maximum Gasteiger partial charge on any atom is 0.188 e. The molecule has 6 heteroatoms. The number of nitrogens with zero attached hydrogens (tertiary/aromatic N) is 2. The van der Waals surface area contributed by atoms with Crippen LogP contribution in [0, 0.1) is 38.2 Å². The van der Waals surface area contributed by atoms with Crippen LogP contribution in [-0.2, 0) is 0 Å². The number of hydrogen-bond donors (Lipinski definition) is 1. The number of phenolic OH excluding ortho intramolecular Hbond substituents is 1. The van der Waals surface area contributed by atoms with Crippen molar-refractivity contribution in [1.29, 1.82) is 0 Å². The van der Waals surface area contributed by atoms with E-state index in [-0.39, 0.29) is 0 Å². The predicted molar refractivity (Wildman–Crippen MR) is 59.3 cm³/mol. The highest BCUT2D eigenvalue weighted by molar-refractivity contribution is 5.51. The van der Waals surface area contributed by atoms with Crippen molar-refractivity contribution < 1.29 is 18.3 Å². The van der Waals surface area contributed by atoms with Gasteiger partial charge in [0, 0.05) is 11.3 Å². The van der Waals surface area contributed by atoms with E-state index < -0.39 is 34.5 Å². The second-order valence-corrected chi connectivity index (χ2v) is 4.10. The van der Waals surface area contributed by atoms with Crippen LogP contribution in [-0.4, -0.2) is 14.9 Å². The summed E-state index contributed by atoms with van der Waals surface area (Å²) in [6, 6.07) is 1.61. The normalized spacial score (nSPS) is 11.0. The third-order valence-electron chi connectivity index (χ3n) is 2.71. The van der Waals surface area contributed by atoms with Crippen molar-refractivity contribution >= 4 is 0 Å². The highest BCUT2D eigenvalue weighted by Crippen LogP contribution is 2.33. The molecule has 0 radical (unpaired) electrons. The summed E-state index contributed by atoms with van der Waals surface area (Å²) in [5.74, 6) is -4.78. The molecule has 0 bridgehead atoms. The van der Waals surface area contributed by atoms with Gasteiger partial charge in [0.2, 0.25) is 0 Å². The Morgan fingerprint density at radius 2 is 1.67 bits per heavy atom. The lowest BCUT2D eigenvalue weighted by Crippen LogP contribution is -2.08. The molecule has 0 saturated carbocycles. The Bertz CT molecular complexity index is 606. The van der Waals surface area contributed by atoms with Crippen LogP contribution in [0.25, 0.3) is 5.69 Å². The van der Waals surface area contributed by atoms with E-state index in [2.05, 4.69) is 5.10 Å². The minimum atomic E-state index is -1.33. The van der Waals surface area contributed by atoms with Gasteiger partial charge in [0.05, 0.1) is 5.69 Å². The van der Waals surface area contributed by atoms with E-state index in [1.807, 2.05) is 0 Å². The summed E-state index contributed by atoms with van der Waals surface area (Å²) in [6.45, 7) is 4.30. The second kappa shape index (κ2) is 4.04. The third-order valence-corrected chi connectivity index (χ3v) is 2.71. The molecule has 0 atom stereocenters. The first kappa shape index (κ1) is 12.5. The van der Waals surface area contributed by atoms with Gasteiger partial charge >= 0.3 is 0 Å². The Balaban J connectivity index is 2.84. The minimum absolute atomic E-state index is 0.462. The average molecular weight is 256 g/mol. The monoisotopic (exact) mass is 256 g/mol. The summed E-state index contributed by atoms with van der Waals surface area (Å²) in [5.41, 5.74) is -0.159. The molecule has 0 fully saturated rings. The van der Waals surface area contributed by atoms with Gasteiger partial charge in [-0.15, -0.1) is 0 Å². The first-order valence-electron chi connectivity index (χ1n) is 5.24. The Morgan fingerprint density at radius 1 is 1.06 bits per heavy atom. The summed E-state index contributed by atoms with van der Waals surface area (Å²) in [4.78, 5) is 0. The molecular weight excluding hydrogens is 245 g/mol. The van der Waals surface area contributed by atoms with Crippen molar-refractivity contribution in [2.45, 2.75) is 20.8 Å². The summed E-state index contributed by atoms with van der Waals surface area (Å²) in [5, 5.41) is 13.5. The van der Waals surface area contributed by atoms with Gasteiger partial charge in [-0.1, -0.05) is 0 Å². The number of phenols is 1. The number of aromatic hydroxyl groups is 1. The Labute approximate surface area is 101 Å². The van der Waals surface area contributed by atoms with E-state index in [9.17, 15) is 18.3 Å². The van der Waals surface area contributed by atoms with E-state index in [1.54, 1.807) is 19.9 Å². The fraction of sp³-hybridized carbons (Fsp3) is 0.250. The van der Waals surface area contributed by atoms with Gasteiger partial charge in [0.25, 0.3) is 0 Å². The number of halogens is 3. The molecule has 1 N–H and O–H groups in total. The van der Waals surface area contributed by atoms with Crippen LogP contribution >= 0.6 is 0 Å². The largest absolute Gasteiger partial charge is 0.503 e. The third kappa shape index (κ3) is 1.64. The van der Waals surface area contributed by atoms with Crippen molar-refractivity contribution in [3.05, 3.63) is 40.5 Å². The van der Waals surface area contributed by atoms with Crippen LogP contribution in [0.1, 0.15) is 17.0 Å². The van der Waals surface area contributed by atoms with E-state index in [0.29, 0.717) is 11.4 Å². The number of hydrogen-bond acceptors (Lipinski definition) is 2. The molecule has 0 amide bonds. The van der Waals surface area contributed by atoms with E-state index in [4.69, 9.17) is 0 Å². The van der Waals surface area contributed by atoms with Gasteiger partial charge in [0.1, 0.15) is 5.69 Å². The Hall–Kier alpha value is -1.98. The number of aryl methyl sites for hydroxylation is 2. The van der Waals surface area contributed by atoms with Gasteiger partial charge in [-0.05, 0) is 26.8 Å². The molecule has 96 valence electrons. The molecule has 2 aromatic rings. The quantitative estimate of drug-likeness (QED) is 0.797. The SMILES string of the molecule is Cc1cc(C)n(-c2c(O)c(F)c(C)c(F)c2F)n1. The molecule has 2 rings (SSSR count). The van der Waals surface area contributed by atoms with Gasteiger partial charge in [-0.25, -0.2) is 17.9 Å². The van der Waals surface area contributed by atoms with Gasteiger partial charge in [-0.3, -0.25) is 0 Å². The molecule has 0 aliphatic rings. The highest BCUT2D eigenvalue weighted by atomic mass is 19.2. The van der Waals surface area contributed by atoms with E-state index in [0.717, 1.165) is 11.6 Å². The molecule has 18 heavy (non-hydrogen) atoms. The first-order chi connectivity index (χ1) is 8.34. The molecular formula is C12H11F3N2O. The molecule has 0 aliphatic carbocycles. The lowest BCUT2D eigenvalue weighted by atomic mass is 10.1. The smallest absolute Gasteiger partial charge is 0.188 e. The molecule has 0 aliphatic heterocycles. The average Bonchev–Trinajstić information content (AvgIpc) is 2.64. The summed E-state index contributed by atoms with van der Waals surface area (Å²) in [6.07, 6.45) is 0. The number of rotatable bonds is 1. The maximum absolute atomic E-state index is 13.8. The number of benzene rings is 1. The van der Waals surface area contributed by atoms with Crippen LogP contribution < -0.4 is 0 Å². The zero-order chi connectivity index (χ0) is 13.6. The molecule has 1 heterocycles. The van der Waals surface area contributed by atoms with Crippen molar-refractivity contribution in [1.82, 2.24) is 9.78 Å². The Morgan fingerprint density at radius 3 is 2.17 bits per heavy atom. The zero-order valence-corrected chi connectivity index (χ0v) is 10.1. The van der Waals surface area contributed by atoms with Crippen LogP contribution in [0.5, 0.6) is 5.75 Å². The van der Waals surface area contributed by atoms with Crippen molar-refractivity contribution in [2.24, 2.45) is 0 Å². The van der Waals surface area contributed by atoms with E-state index >= 15 is 0 Å². The summed E-state index contributed by atoms with van der Waals surface area (Å²) < 4.78 is 41.8. The molecule has 0 saturated heterocycles. The first-order valence-corrected chi connectivity index (χ1v) is 5.24. The van der Waals surface area contributed by atoms with Crippen molar-refractivity contribution in [3.8, 4) is 11.4 Å². The topological polar surface area (TPSA) is 38.0 Å². The lowest BCUT2D eigenvalue weighted by molar-refractivity contribution is 0.401. The van der Waals surface area contributed by atoms with Crippen molar-refractivity contribution in [3.63, 3.8) is 0 Å². The van der Waals surface area contributed by atoms with Crippen molar-refractivity contribution in [2.75, 3.05) is 0 Å². The van der Waals surface area contributed by atoms with Crippen LogP contribution in [0.4, 0.5) is 13.2 Å². The van der Waals surface area contributed by atoms with Gasteiger partial charge < -0.3 is 5.11 Å².